The van der Waals surface area contributed by atoms with Crippen molar-refractivity contribution in [3.8, 4) is 0 Å². The fourth-order valence-corrected chi connectivity index (χ4v) is 3.09. The summed E-state index contributed by atoms with van der Waals surface area (Å²) in [5.41, 5.74) is 1.58. The van der Waals surface area contributed by atoms with E-state index in [0.717, 1.165) is 12.1 Å². The zero-order valence-corrected chi connectivity index (χ0v) is 13.5. The van der Waals surface area contributed by atoms with Gasteiger partial charge in [0.2, 0.25) is 0 Å². The number of hydrogen-bond donors (Lipinski definition) is 1. The van der Waals surface area contributed by atoms with Crippen LogP contribution in [0.1, 0.15) is 22.0 Å². The summed E-state index contributed by atoms with van der Waals surface area (Å²) in [4.78, 5) is 14.5. The number of benzene rings is 1. The molecule has 2 aromatic rings. The molecular weight excluding hydrogens is 356 g/mol. The van der Waals surface area contributed by atoms with E-state index in [2.05, 4.69) is 21.2 Å². The van der Waals surface area contributed by atoms with Crippen LogP contribution >= 0.6 is 27.5 Å². The molecule has 1 aliphatic heterocycles. The molecule has 2 heterocycles. The molecule has 1 aromatic heterocycles. The first kappa shape index (κ1) is 14.6. The molecule has 1 unspecified atom stereocenters. The van der Waals surface area contributed by atoms with E-state index in [1.807, 2.05) is 29.2 Å². The zero-order chi connectivity index (χ0) is 14.8. The third kappa shape index (κ3) is 3.15. The summed E-state index contributed by atoms with van der Waals surface area (Å²) in [6.45, 7) is 2.14. The maximum Gasteiger partial charge on any atom is 0.257 e. The average molecular weight is 370 g/mol. The average Bonchev–Trinajstić information content (AvgIpc) is 2.93. The minimum absolute atomic E-state index is 0.0291. The van der Waals surface area contributed by atoms with Crippen LogP contribution in [0.4, 0.5) is 0 Å². The fraction of sp³-hybridized carbons (Fsp3) is 0.267. The van der Waals surface area contributed by atoms with Crippen molar-refractivity contribution < 1.29 is 9.21 Å². The molecule has 3 rings (SSSR count). The first-order valence-electron chi connectivity index (χ1n) is 6.66. The number of rotatable bonds is 2. The number of carbonyl (C=O) groups excluding carboxylic acids is 1. The largest absolute Gasteiger partial charge is 0.457 e. The van der Waals surface area contributed by atoms with Crippen LogP contribution in [0.3, 0.4) is 0 Å². The summed E-state index contributed by atoms with van der Waals surface area (Å²) in [5, 5.41) is 4.00. The second kappa shape index (κ2) is 6.22. The van der Waals surface area contributed by atoms with E-state index in [1.165, 1.54) is 6.26 Å². The van der Waals surface area contributed by atoms with Crippen LogP contribution in [0.5, 0.6) is 0 Å². The minimum atomic E-state index is -0.0316. The van der Waals surface area contributed by atoms with Crippen LogP contribution in [-0.4, -0.2) is 30.4 Å². The predicted molar refractivity (Wildman–Crippen MR) is 84.5 cm³/mol. The van der Waals surface area contributed by atoms with Gasteiger partial charge in [-0.15, -0.1) is 0 Å². The first-order valence-corrected chi connectivity index (χ1v) is 7.83. The molecule has 4 nitrogen and oxygen atoms in total. The van der Waals surface area contributed by atoms with Gasteiger partial charge in [-0.1, -0.05) is 23.7 Å². The van der Waals surface area contributed by atoms with Crippen LogP contribution in [0.25, 0.3) is 0 Å². The van der Waals surface area contributed by atoms with E-state index < -0.39 is 0 Å². The van der Waals surface area contributed by atoms with Gasteiger partial charge in [0.1, 0.15) is 6.26 Å². The Kier molecular flexibility index (Phi) is 4.33. The summed E-state index contributed by atoms with van der Waals surface area (Å²) in [7, 11) is 0. The van der Waals surface area contributed by atoms with Gasteiger partial charge in [-0.2, -0.15) is 0 Å². The number of amides is 1. The number of furan rings is 1. The summed E-state index contributed by atoms with van der Waals surface area (Å²) < 4.78 is 5.72. The zero-order valence-electron chi connectivity index (χ0n) is 11.2. The van der Waals surface area contributed by atoms with E-state index in [9.17, 15) is 4.79 Å². The van der Waals surface area contributed by atoms with Crippen LogP contribution in [-0.2, 0) is 0 Å². The second-order valence-electron chi connectivity index (χ2n) is 4.91. The third-order valence-corrected chi connectivity index (χ3v) is 4.20. The molecule has 1 saturated heterocycles. The number of nitrogens with one attached hydrogen (secondary N) is 1. The van der Waals surface area contributed by atoms with Crippen molar-refractivity contribution in [1.29, 1.82) is 0 Å². The van der Waals surface area contributed by atoms with Gasteiger partial charge < -0.3 is 14.6 Å². The van der Waals surface area contributed by atoms with Crippen molar-refractivity contribution in [2.24, 2.45) is 0 Å². The molecule has 1 atom stereocenters. The summed E-state index contributed by atoms with van der Waals surface area (Å²) >= 11 is 9.29. The molecule has 21 heavy (non-hydrogen) atoms. The second-order valence-corrected chi connectivity index (χ2v) is 6.13. The van der Waals surface area contributed by atoms with Crippen LogP contribution in [0, 0.1) is 0 Å². The van der Waals surface area contributed by atoms with E-state index >= 15 is 0 Å². The van der Waals surface area contributed by atoms with Crippen molar-refractivity contribution in [3.63, 3.8) is 0 Å². The van der Waals surface area contributed by atoms with Crippen LogP contribution < -0.4 is 5.32 Å². The first-order chi connectivity index (χ1) is 10.1. The normalized spacial score (nSPS) is 18.8. The minimum Gasteiger partial charge on any atom is -0.457 e. The summed E-state index contributed by atoms with van der Waals surface area (Å²) in [5.74, 6) is -0.0316. The van der Waals surface area contributed by atoms with E-state index in [0.29, 0.717) is 28.3 Å². The Labute approximate surface area is 136 Å². The molecule has 1 amide bonds. The molecule has 0 spiro atoms. The number of hydrogen-bond acceptors (Lipinski definition) is 3. The van der Waals surface area contributed by atoms with Gasteiger partial charge in [0, 0.05) is 30.7 Å². The Morgan fingerprint density at radius 1 is 1.43 bits per heavy atom. The van der Waals surface area contributed by atoms with Gasteiger partial charge in [-0.05, 0) is 33.6 Å². The quantitative estimate of drug-likeness (QED) is 0.881. The molecule has 6 heteroatoms. The van der Waals surface area contributed by atoms with Gasteiger partial charge >= 0.3 is 0 Å². The molecule has 0 bridgehead atoms. The molecule has 0 saturated carbocycles. The van der Waals surface area contributed by atoms with E-state index in [1.54, 1.807) is 6.07 Å². The molecule has 1 fully saturated rings. The van der Waals surface area contributed by atoms with Crippen LogP contribution in [0.2, 0.25) is 5.02 Å². The molecule has 0 aliphatic carbocycles. The standard InChI is InChI=1S/C15H14BrClN2O2/c16-14-7-11(9-21-14)15(20)19-5-4-18-8-13(19)10-2-1-3-12(17)6-10/h1-3,6-7,9,13,18H,4-5,8H2. The van der Waals surface area contributed by atoms with Gasteiger partial charge in [0.05, 0.1) is 11.6 Å². The topological polar surface area (TPSA) is 45.5 Å². The lowest BCUT2D eigenvalue weighted by Gasteiger charge is -2.36. The van der Waals surface area contributed by atoms with Crippen molar-refractivity contribution in [1.82, 2.24) is 10.2 Å². The lowest BCUT2D eigenvalue weighted by atomic mass is 10.0. The Hall–Kier alpha value is -1.30. The fourth-order valence-electron chi connectivity index (χ4n) is 2.55. The smallest absolute Gasteiger partial charge is 0.257 e. The van der Waals surface area contributed by atoms with Crippen molar-refractivity contribution in [3.05, 3.63) is 57.4 Å². The maximum atomic E-state index is 12.7. The monoisotopic (exact) mass is 368 g/mol. The van der Waals surface area contributed by atoms with E-state index in [4.69, 9.17) is 16.0 Å². The molecule has 1 aromatic carbocycles. The number of piperazine rings is 1. The Bertz CT molecular complexity index is 659. The Balaban J connectivity index is 1.89. The third-order valence-electron chi connectivity index (χ3n) is 3.55. The highest BCUT2D eigenvalue weighted by Crippen LogP contribution is 2.27. The molecule has 1 aliphatic rings. The Morgan fingerprint density at radius 2 is 2.29 bits per heavy atom. The van der Waals surface area contributed by atoms with E-state index in [-0.39, 0.29) is 11.9 Å². The summed E-state index contributed by atoms with van der Waals surface area (Å²) in [6, 6.07) is 9.31. The SMILES string of the molecule is O=C(c1coc(Br)c1)N1CCNCC1c1cccc(Cl)c1. The maximum absolute atomic E-state index is 12.7. The highest BCUT2D eigenvalue weighted by molar-refractivity contribution is 9.10. The van der Waals surface area contributed by atoms with Crippen molar-refractivity contribution >= 4 is 33.4 Å². The molecule has 0 radical (unpaired) electrons. The van der Waals surface area contributed by atoms with Gasteiger partial charge in [0.15, 0.2) is 4.67 Å². The van der Waals surface area contributed by atoms with Crippen molar-refractivity contribution in [2.45, 2.75) is 6.04 Å². The van der Waals surface area contributed by atoms with Gasteiger partial charge in [-0.3, -0.25) is 4.79 Å². The summed E-state index contributed by atoms with van der Waals surface area (Å²) in [6.07, 6.45) is 1.48. The predicted octanol–water partition coefficient (Wildman–Crippen LogP) is 3.48. The number of halogens is 2. The van der Waals surface area contributed by atoms with Crippen molar-refractivity contribution in [2.75, 3.05) is 19.6 Å². The molecular formula is C15H14BrClN2O2. The van der Waals surface area contributed by atoms with Gasteiger partial charge in [0.25, 0.3) is 5.91 Å². The van der Waals surface area contributed by atoms with Gasteiger partial charge in [-0.25, -0.2) is 0 Å². The number of nitrogens with zero attached hydrogens (tertiary/aromatic N) is 1. The molecule has 110 valence electrons. The highest BCUT2D eigenvalue weighted by atomic mass is 79.9. The highest BCUT2D eigenvalue weighted by Gasteiger charge is 2.29. The molecule has 1 N–H and O–H groups in total. The number of carbonyl (C=O) groups is 1. The van der Waals surface area contributed by atoms with Crippen LogP contribution in [0.15, 0.2) is 45.7 Å². The lowest BCUT2D eigenvalue weighted by molar-refractivity contribution is 0.0633. The Morgan fingerprint density at radius 3 is 3.00 bits per heavy atom. The lowest BCUT2D eigenvalue weighted by Crippen LogP contribution is -2.48.